The van der Waals surface area contributed by atoms with Crippen LogP contribution in [-0.2, 0) is 4.79 Å². The molecule has 0 saturated heterocycles. The Kier molecular flexibility index (Phi) is 7.13. The Balaban J connectivity index is 5.21. The second kappa shape index (κ2) is 7.51. The van der Waals surface area contributed by atoms with Crippen molar-refractivity contribution in [1.82, 2.24) is 4.90 Å². The number of nitrogens with two attached hydrogens (primary N) is 1. The van der Waals surface area contributed by atoms with Crippen molar-refractivity contribution in [3.63, 3.8) is 0 Å². The van der Waals surface area contributed by atoms with Gasteiger partial charge in [-0.15, -0.1) is 0 Å². The highest BCUT2D eigenvalue weighted by molar-refractivity contribution is 7.98. The fourth-order valence-corrected chi connectivity index (χ4v) is 2.72. The van der Waals surface area contributed by atoms with Crippen molar-refractivity contribution in [2.24, 2.45) is 16.3 Å². The van der Waals surface area contributed by atoms with Crippen molar-refractivity contribution in [2.75, 3.05) is 19.1 Å². The van der Waals surface area contributed by atoms with E-state index in [2.05, 4.69) is 5.16 Å². The first-order valence-electron chi connectivity index (χ1n) is 6.15. The summed E-state index contributed by atoms with van der Waals surface area (Å²) >= 11 is 1.69. The highest BCUT2D eigenvalue weighted by Gasteiger charge is 2.42. The molecule has 0 radical (unpaired) electrons. The molecule has 18 heavy (non-hydrogen) atoms. The number of carbonyl (C=O) groups excluding carboxylic acids is 1. The van der Waals surface area contributed by atoms with Gasteiger partial charge in [0.05, 0.1) is 0 Å². The molecule has 0 aliphatic heterocycles. The Labute approximate surface area is 114 Å². The van der Waals surface area contributed by atoms with Crippen LogP contribution in [0.1, 0.15) is 33.6 Å². The zero-order chi connectivity index (χ0) is 14.3. The second-order valence-corrected chi connectivity index (χ2v) is 5.41. The van der Waals surface area contributed by atoms with E-state index in [0.29, 0.717) is 12.8 Å². The minimum Gasteiger partial charge on any atom is -0.409 e. The molecule has 0 aromatic rings. The van der Waals surface area contributed by atoms with E-state index >= 15 is 0 Å². The molecule has 1 amide bonds. The summed E-state index contributed by atoms with van der Waals surface area (Å²) in [6.45, 7) is 5.76. The van der Waals surface area contributed by atoms with Gasteiger partial charge >= 0.3 is 0 Å². The molecule has 0 rings (SSSR count). The van der Waals surface area contributed by atoms with Crippen LogP contribution in [0.15, 0.2) is 5.16 Å². The molecule has 0 aromatic heterocycles. The molecule has 0 fully saturated rings. The van der Waals surface area contributed by atoms with Gasteiger partial charge in [0.1, 0.15) is 5.41 Å². The SMILES string of the molecule is CCC(CC)(C(=O)N(C)C(C)CSC)C(N)=NO. The maximum atomic E-state index is 12.6. The monoisotopic (exact) mass is 275 g/mol. The third-order valence-corrected chi connectivity index (χ3v) is 4.42. The van der Waals surface area contributed by atoms with Crippen molar-refractivity contribution in [3.05, 3.63) is 0 Å². The summed E-state index contributed by atoms with van der Waals surface area (Å²) in [6, 6.07) is 0.122. The van der Waals surface area contributed by atoms with Crippen molar-refractivity contribution in [2.45, 2.75) is 39.7 Å². The minimum atomic E-state index is -0.893. The fourth-order valence-electron chi connectivity index (χ4n) is 2.01. The van der Waals surface area contributed by atoms with Gasteiger partial charge in [0.15, 0.2) is 5.84 Å². The van der Waals surface area contributed by atoms with Crippen molar-refractivity contribution in [1.29, 1.82) is 0 Å². The van der Waals surface area contributed by atoms with Crippen molar-refractivity contribution < 1.29 is 10.0 Å². The van der Waals surface area contributed by atoms with Crippen LogP contribution in [0.4, 0.5) is 0 Å². The van der Waals surface area contributed by atoms with E-state index in [1.54, 1.807) is 23.7 Å². The molecule has 0 aromatic carbocycles. The van der Waals surface area contributed by atoms with Gasteiger partial charge in [-0.25, -0.2) is 0 Å². The van der Waals surface area contributed by atoms with Crippen LogP contribution in [0.2, 0.25) is 0 Å². The standard InChI is InChI=1S/C12H25N3O2S/c1-6-12(7-2,10(13)14-17)11(16)15(4)9(3)8-18-5/h9,17H,6-8H2,1-5H3,(H2,13,14). The number of hydrogen-bond acceptors (Lipinski definition) is 4. The van der Waals surface area contributed by atoms with Crippen molar-refractivity contribution in [3.8, 4) is 0 Å². The Morgan fingerprint density at radius 3 is 2.33 bits per heavy atom. The number of thioether (sulfide) groups is 1. The number of oxime groups is 1. The highest BCUT2D eigenvalue weighted by atomic mass is 32.2. The van der Waals surface area contributed by atoms with Crippen LogP contribution >= 0.6 is 11.8 Å². The first-order chi connectivity index (χ1) is 8.41. The minimum absolute atomic E-state index is 0.000650. The van der Waals surface area contributed by atoms with Gasteiger partial charge < -0.3 is 15.8 Å². The summed E-state index contributed by atoms with van der Waals surface area (Å²) in [4.78, 5) is 14.3. The normalized spacial score (nSPS) is 14.4. The molecule has 0 bridgehead atoms. The first-order valence-corrected chi connectivity index (χ1v) is 7.54. The predicted molar refractivity (Wildman–Crippen MR) is 77.0 cm³/mol. The Morgan fingerprint density at radius 2 is 2.00 bits per heavy atom. The Bertz CT molecular complexity index is 304. The number of nitrogens with zero attached hydrogens (tertiary/aromatic N) is 2. The van der Waals surface area contributed by atoms with E-state index in [9.17, 15) is 4.79 Å². The van der Waals surface area contributed by atoms with Crippen LogP contribution in [0.25, 0.3) is 0 Å². The molecule has 1 unspecified atom stereocenters. The maximum absolute atomic E-state index is 12.6. The van der Waals surface area contributed by atoms with Crippen LogP contribution < -0.4 is 5.73 Å². The van der Waals surface area contributed by atoms with E-state index in [1.165, 1.54) is 0 Å². The third kappa shape index (κ3) is 3.31. The van der Waals surface area contributed by atoms with Gasteiger partial charge in [0.25, 0.3) is 0 Å². The quantitative estimate of drug-likeness (QED) is 0.321. The molecule has 0 heterocycles. The number of rotatable bonds is 7. The van der Waals surface area contributed by atoms with E-state index < -0.39 is 5.41 Å². The van der Waals surface area contributed by atoms with E-state index in [4.69, 9.17) is 10.9 Å². The summed E-state index contributed by atoms with van der Waals surface area (Å²) in [5.74, 6) is 0.784. The Hall–Kier alpha value is -0.910. The van der Waals surface area contributed by atoms with Gasteiger partial charge in [0, 0.05) is 18.8 Å². The van der Waals surface area contributed by atoms with Crippen LogP contribution in [0.5, 0.6) is 0 Å². The lowest BCUT2D eigenvalue weighted by molar-refractivity contribution is -0.139. The van der Waals surface area contributed by atoms with Crippen LogP contribution in [0, 0.1) is 5.41 Å². The first kappa shape index (κ1) is 17.1. The molecule has 3 N–H and O–H groups in total. The second-order valence-electron chi connectivity index (χ2n) is 4.49. The summed E-state index contributed by atoms with van der Waals surface area (Å²) in [6.07, 6.45) is 3.05. The molecule has 0 spiro atoms. The van der Waals surface area contributed by atoms with Crippen LogP contribution in [-0.4, -0.2) is 46.9 Å². The molecule has 106 valence electrons. The number of amidine groups is 1. The molecular formula is C12H25N3O2S. The number of amides is 1. The largest absolute Gasteiger partial charge is 0.409 e. The van der Waals surface area contributed by atoms with Crippen molar-refractivity contribution >= 4 is 23.5 Å². The summed E-state index contributed by atoms with van der Waals surface area (Å²) < 4.78 is 0. The smallest absolute Gasteiger partial charge is 0.236 e. The molecule has 5 nitrogen and oxygen atoms in total. The number of hydrogen-bond donors (Lipinski definition) is 2. The fraction of sp³-hybridized carbons (Fsp3) is 0.833. The van der Waals surface area contributed by atoms with Gasteiger partial charge in [-0.2, -0.15) is 11.8 Å². The zero-order valence-electron chi connectivity index (χ0n) is 11.9. The highest BCUT2D eigenvalue weighted by Crippen LogP contribution is 2.30. The van der Waals surface area contributed by atoms with Gasteiger partial charge in [0.2, 0.25) is 5.91 Å². The third-order valence-electron chi connectivity index (χ3n) is 3.60. The van der Waals surface area contributed by atoms with E-state index in [-0.39, 0.29) is 17.8 Å². The molecule has 1 atom stereocenters. The van der Waals surface area contributed by atoms with E-state index in [0.717, 1.165) is 5.75 Å². The topological polar surface area (TPSA) is 78.9 Å². The van der Waals surface area contributed by atoms with Crippen LogP contribution in [0.3, 0.4) is 0 Å². The molecular weight excluding hydrogens is 250 g/mol. The maximum Gasteiger partial charge on any atom is 0.236 e. The average Bonchev–Trinajstić information content (AvgIpc) is 2.39. The van der Waals surface area contributed by atoms with E-state index in [1.807, 2.05) is 27.0 Å². The summed E-state index contributed by atoms with van der Waals surface area (Å²) in [7, 11) is 1.77. The van der Waals surface area contributed by atoms with Gasteiger partial charge in [-0.05, 0) is 26.0 Å². The lowest BCUT2D eigenvalue weighted by Crippen LogP contribution is -2.52. The summed E-state index contributed by atoms with van der Waals surface area (Å²) in [5.41, 5.74) is 4.84. The zero-order valence-corrected chi connectivity index (χ0v) is 12.8. The average molecular weight is 275 g/mol. The number of carbonyl (C=O) groups is 1. The molecule has 0 aliphatic rings. The van der Waals surface area contributed by atoms with Gasteiger partial charge in [-0.1, -0.05) is 19.0 Å². The Morgan fingerprint density at radius 1 is 1.50 bits per heavy atom. The molecule has 0 saturated carbocycles. The lowest BCUT2D eigenvalue weighted by atomic mass is 9.79. The summed E-state index contributed by atoms with van der Waals surface area (Å²) in [5, 5.41) is 11.9. The molecule has 0 aliphatic carbocycles. The van der Waals surface area contributed by atoms with Gasteiger partial charge in [-0.3, -0.25) is 4.79 Å². The predicted octanol–water partition coefficient (Wildman–Crippen LogP) is 1.75. The molecule has 6 heteroatoms. The lowest BCUT2D eigenvalue weighted by Gasteiger charge is -2.35.